The minimum Gasteiger partial charge on any atom is -0.508 e. The van der Waals surface area contributed by atoms with Crippen LogP contribution in [0.5, 0.6) is 5.75 Å². The molecular weight excluding hydrogens is 164 g/mol. The molecule has 1 aromatic carbocycles. The molecule has 1 aromatic rings. The van der Waals surface area contributed by atoms with Crippen LogP contribution in [0.4, 0.5) is 0 Å². The Hall–Kier alpha value is -1.70. The molecule has 1 rings (SSSR count). The van der Waals surface area contributed by atoms with Gasteiger partial charge in [0.25, 0.3) is 0 Å². The molecule has 2 N–H and O–H groups in total. The number of aliphatic hydroxyl groups is 1. The Balaban J connectivity index is 3.36. The maximum absolute atomic E-state index is 9.47. The van der Waals surface area contributed by atoms with Crippen LogP contribution in [0.2, 0.25) is 0 Å². The van der Waals surface area contributed by atoms with Gasteiger partial charge in [0.05, 0.1) is 0 Å². The summed E-state index contributed by atoms with van der Waals surface area (Å²) in [6.07, 6.45) is 3.09. The molecule has 0 saturated carbocycles. The molecule has 0 saturated heterocycles. The van der Waals surface area contributed by atoms with Gasteiger partial charge in [0.15, 0.2) is 0 Å². The summed E-state index contributed by atoms with van der Waals surface area (Å²) >= 11 is 0. The molecule has 0 spiro atoms. The topological polar surface area (TPSA) is 40.5 Å². The summed E-state index contributed by atoms with van der Waals surface area (Å²) in [7, 11) is 0. The first-order valence-corrected chi connectivity index (χ1v) is 4.00. The van der Waals surface area contributed by atoms with Gasteiger partial charge in [-0.25, -0.2) is 0 Å². The van der Waals surface area contributed by atoms with Crippen LogP contribution in [-0.2, 0) is 0 Å². The molecule has 2 heteroatoms. The molecule has 2 nitrogen and oxygen atoms in total. The highest BCUT2D eigenvalue weighted by molar-refractivity contribution is 5.72. The Morgan fingerprint density at radius 3 is 2.69 bits per heavy atom. The van der Waals surface area contributed by atoms with Crippen molar-refractivity contribution in [1.29, 1.82) is 0 Å². The smallest absolute Gasteiger partial charge is 0.123 e. The van der Waals surface area contributed by atoms with Crippen LogP contribution in [0.25, 0.3) is 11.8 Å². The second-order valence-corrected chi connectivity index (χ2v) is 2.62. The lowest BCUT2D eigenvalue weighted by atomic mass is 10.0. The number of phenols is 1. The summed E-state index contributed by atoms with van der Waals surface area (Å²) in [5.74, 6) is 0.270. The third kappa shape index (κ3) is 1.72. The van der Waals surface area contributed by atoms with Gasteiger partial charge in [-0.3, -0.25) is 0 Å². The zero-order valence-electron chi connectivity index (χ0n) is 7.49. The largest absolute Gasteiger partial charge is 0.508 e. The zero-order chi connectivity index (χ0) is 9.84. The molecule has 13 heavy (non-hydrogen) atoms. The van der Waals surface area contributed by atoms with Gasteiger partial charge in [-0.2, -0.15) is 0 Å². The van der Waals surface area contributed by atoms with Crippen molar-refractivity contribution < 1.29 is 10.2 Å². The minimum absolute atomic E-state index is 0.126. The van der Waals surface area contributed by atoms with Crippen LogP contribution in [-0.4, -0.2) is 10.2 Å². The van der Waals surface area contributed by atoms with E-state index in [1.165, 1.54) is 6.08 Å². The summed E-state index contributed by atoms with van der Waals surface area (Å²) in [6, 6.07) is 4.97. The maximum atomic E-state index is 9.47. The van der Waals surface area contributed by atoms with Crippen molar-refractivity contribution in [2.24, 2.45) is 0 Å². The van der Waals surface area contributed by atoms with Gasteiger partial charge in [0.2, 0.25) is 0 Å². The van der Waals surface area contributed by atoms with E-state index in [0.717, 1.165) is 0 Å². The lowest BCUT2D eigenvalue weighted by Gasteiger charge is -2.06. The normalized spacial score (nSPS) is 11.3. The highest BCUT2D eigenvalue weighted by Crippen LogP contribution is 2.26. The van der Waals surface area contributed by atoms with Crippen molar-refractivity contribution >= 4 is 11.8 Å². The Bertz CT molecular complexity index is 351. The molecular formula is C11H12O2. The third-order valence-electron chi connectivity index (χ3n) is 1.84. The molecule has 0 fully saturated rings. The summed E-state index contributed by atoms with van der Waals surface area (Å²) in [5, 5.41) is 18.9. The number of phenolic OH excluding ortho intramolecular Hbond substituents is 1. The molecule has 0 unspecified atom stereocenters. The van der Waals surface area contributed by atoms with Crippen molar-refractivity contribution in [3.8, 4) is 5.75 Å². The average Bonchev–Trinajstić information content (AvgIpc) is 2.16. The quantitative estimate of drug-likeness (QED) is 0.680. The third-order valence-corrected chi connectivity index (χ3v) is 1.84. The molecule has 0 aliphatic carbocycles. The van der Waals surface area contributed by atoms with E-state index in [4.69, 9.17) is 0 Å². The van der Waals surface area contributed by atoms with Gasteiger partial charge in [-0.1, -0.05) is 24.8 Å². The van der Waals surface area contributed by atoms with E-state index in [-0.39, 0.29) is 11.5 Å². The summed E-state index contributed by atoms with van der Waals surface area (Å²) in [5.41, 5.74) is 1.15. The molecule has 0 bridgehead atoms. The van der Waals surface area contributed by atoms with Crippen molar-refractivity contribution in [3.63, 3.8) is 0 Å². The number of hydrogen-bond donors (Lipinski definition) is 2. The molecule has 0 aliphatic heterocycles. The fourth-order valence-electron chi connectivity index (χ4n) is 1.15. The number of allylic oxidation sites excluding steroid dienone is 1. The number of rotatable bonds is 2. The van der Waals surface area contributed by atoms with Gasteiger partial charge < -0.3 is 10.2 Å². The van der Waals surface area contributed by atoms with Gasteiger partial charge in [-0.15, -0.1) is 0 Å². The average molecular weight is 176 g/mol. The maximum Gasteiger partial charge on any atom is 0.123 e. The zero-order valence-corrected chi connectivity index (χ0v) is 7.49. The highest BCUT2D eigenvalue weighted by Gasteiger charge is 2.06. The fourth-order valence-corrected chi connectivity index (χ4v) is 1.15. The molecule has 0 atom stereocenters. The van der Waals surface area contributed by atoms with Gasteiger partial charge in [0.1, 0.15) is 11.5 Å². The second-order valence-electron chi connectivity index (χ2n) is 2.62. The molecule has 0 radical (unpaired) electrons. The molecule has 0 aromatic heterocycles. The van der Waals surface area contributed by atoms with Crippen LogP contribution in [0.15, 0.2) is 30.9 Å². The van der Waals surface area contributed by atoms with Crippen LogP contribution >= 0.6 is 0 Å². The van der Waals surface area contributed by atoms with Crippen molar-refractivity contribution in [2.75, 3.05) is 0 Å². The first-order chi connectivity index (χ1) is 6.20. The monoisotopic (exact) mass is 176 g/mol. The predicted octanol–water partition coefficient (Wildman–Crippen LogP) is 2.95. The summed E-state index contributed by atoms with van der Waals surface area (Å²) in [4.78, 5) is 0. The van der Waals surface area contributed by atoms with Crippen molar-refractivity contribution in [2.45, 2.75) is 6.92 Å². The fraction of sp³-hybridized carbons (Fsp3) is 0.0909. The number of hydrogen-bond acceptors (Lipinski definition) is 2. The van der Waals surface area contributed by atoms with Crippen LogP contribution < -0.4 is 0 Å². The van der Waals surface area contributed by atoms with Crippen molar-refractivity contribution in [1.82, 2.24) is 0 Å². The molecule has 0 heterocycles. The first-order valence-electron chi connectivity index (χ1n) is 4.00. The Morgan fingerprint density at radius 1 is 1.46 bits per heavy atom. The van der Waals surface area contributed by atoms with E-state index in [9.17, 15) is 10.2 Å². The van der Waals surface area contributed by atoms with Crippen LogP contribution in [0, 0.1) is 0 Å². The van der Waals surface area contributed by atoms with E-state index in [1.807, 2.05) is 0 Å². The first kappa shape index (κ1) is 9.39. The van der Waals surface area contributed by atoms with Crippen molar-refractivity contribution in [3.05, 3.63) is 42.0 Å². The van der Waals surface area contributed by atoms with Crippen LogP contribution in [0.3, 0.4) is 0 Å². The summed E-state index contributed by atoms with van der Waals surface area (Å²) < 4.78 is 0. The Labute approximate surface area is 77.5 Å². The lowest BCUT2D eigenvalue weighted by Crippen LogP contribution is -1.87. The minimum atomic E-state index is 0.126. The highest BCUT2D eigenvalue weighted by atomic mass is 16.3. The standard InChI is InChI=1S/C11H12O2/c1-3-8-9(10(12)4-2)6-5-7-11(8)13/h3-7,12-13H,1H2,2H3/b10-4+. The predicted molar refractivity (Wildman–Crippen MR) is 54.5 cm³/mol. The van der Waals surface area contributed by atoms with Gasteiger partial charge >= 0.3 is 0 Å². The number of benzene rings is 1. The Morgan fingerprint density at radius 2 is 2.15 bits per heavy atom. The SMILES string of the molecule is C=Cc1c(O)cccc1/C(O)=C\C. The number of aliphatic hydroxyl groups excluding tert-OH is 1. The van der Waals surface area contributed by atoms with E-state index in [2.05, 4.69) is 6.58 Å². The second kappa shape index (κ2) is 3.81. The number of aromatic hydroxyl groups is 1. The molecule has 68 valence electrons. The van der Waals surface area contributed by atoms with E-state index in [1.54, 1.807) is 31.2 Å². The van der Waals surface area contributed by atoms with Gasteiger partial charge in [0, 0.05) is 11.1 Å². The van der Waals surface area contributed by atoms with Gasteiger partial charge in [-0.05, 0) is 19.1 Å². The van der Waals surface area contributed by atoms with E-state index >= 15 is 0 Å². The molecule has 0 aliphatic rings. The Kier molecular flexibility index (Phi) is 2.75. The molecule has 0 amide bonds. The summed E-state index contributed by atoms with van der Waals surface area (Å²) in [6.45, 7) is 5.30. The van der Waals surface area contributed by atoms with E-state index in [0.29, 0.717) is 11.1 Å². The lowest BCUT2D eigenvalue weighted by molar-refractivity contribution is 0.471. The van der Waals surface area contributed by atoms with Crippen LogP contribution in [0.1, 0.15) is 18.1 Å². The van der Waals surface area contributed by atoms with E-state index < -0.39 is 0 Å².